The second-order valence-corrected chi connectivity index (χ2v) is 3.96. The lowest BCUT2D eigenvalue weighted by atomic mass is 10.00. The van der Waals surface area contributed by atoms with Crippen molar-refractivity contribution >= 4 is 17.4 Å². The number of benzene rings is 1. The molecule has 0 amide bonds. The van der Waals surface area contributed by atoms with Gasteiger partial charge < -0.3 is 9.84 Å². The summed E-state index contributed by atoms with van der Waals surface area (Å²) in [6.45, 7) is 3.52. The predicted octanol–water partition coefficient (Wildman–Crippen LogP) is 2.89. The first kappa shape index (κ1) is 11.9. The molecule has 0 aromatic heterocycles. The molecule has 4 heteroatoms. The van der Waals surface area contributed by atoms with Crippen molar-refractivity contribution < 1.29 is 14.6 Å². The number of methoxy groups -OCH3 is 1. The Morgan fingerprint density at radius 1 is 1.47 bits per heavy atom. The summed E-state index contributed by atoms with van der Waals surface area (Å²) in [4.78, 5) is 11.7. The molecule has 15 heavy (non-hydrogen) atoms. The van der Waals surface area contributed by atoms with Crippen LogP contribution in [0.3, 0.4) is 0 Å². The highest BCUT2D eigenvalue weighted by Gasteiger charge is 2.18. The summed E-state index contributed by atoms with van der Waals surface area (Å²) in [6, 6.07) is 2.91. The number of Topliss-reactive ketones (excluding diaryl/α,β-unsaturated/α-hetero) is 1. The minimum Gasteiger partial charge on any atom is -0.504 e. The molecular weight excluding hydrogens is 216 g/mol. The zero-order valence-corrected chi connectivity index (χ0v) is 9.63. The molecule has 1 aromatic carbocycles. The molecule has 0 unspecified atom stereocenters. The number of phenolic OH excluding ortho intramolecular Hbond substituents is 1. The molecule has 82 valence electrons. The van der Waals surface area contributed by atoms with Gasteiger partial charge >= 0.3 is 0 Å². The van der Waals surface area contributed by atoms with E-state index in [-0.39, 0.29) is 28.8 Å². The molecule has 1 aromatic rings. The molecule has 0 atom stereocenters. The highest BCUT2D eigenvalue weighted by atomic mass is 35.5. The van der Waals surface area contributed by atoms with Crippen molar-refractivity contribution in [3.63, 3.8) is 0 Å². The van der Waals surface area contributed by atoms with Crippen LogP contribution in [0.5, 0.6) is 11.5 Å². The van der Waals surface area contributed by atoms with E-state index >= 15 is 0 Å². The third-order valence-corrected chi connectivity index (χ3v) is 2.27. The molecule has 1 rings (SSSR count). The van der Waals surface area contributed by atoms with Crippen molar-refractivity contribution in [1.29, 1.82) is 0 Å². The van der Waals surface area contributed by atoms with E-state index in [1.165, 1.54) is 19.2 Å². The third-order valence-electron chi connectivity index (χ3n) is 2.05. The Balaban J connectivity index is 3.29. The lowest BCUT2D eigenvalue weighted by Crippen LogP contribution is -2.08. The van der Waals surface area contributed by atoms with Gasteiger partial charge in [0.2, 0.25) is 0 Å². The predicted molar refractivity (Wildman–Crippen MR) is 58.8 cm³/mol. The molecule has 0 fully saturated rings. The van der Waals surface area contributed by atoms with Gasteiger partial charge in [-0.25, -0.2) is 0 Å². The highest BCUT2D eigenvalue weighted by Crippen LogP contribution is 2.34. The average molecular weight is 229 g/mol. The summed E-state index contributed by atoms with van der Waals surface area (Å²) in [5, 5.41) is 10.1. The van der Waals surface area contributed by atoms with Gasteiger partial charge in [0, 0.05) is 17.0 Å². The van der Waals surface area contributed by atoms with Gasteiger partial charge in [-0.1, -0.05) is 25.4 Å². The second-order valence-electron chi connectivity index (χ2n) is 3.52. The molecule has 0 heterocycles. The maximum absolute atomic E-state index is 11.7. The molecular formula is C11H13ClO3. The Labute approximate surface area is 93.6 Å². The van der Waals surface area contributed by atoms with E-state index in [0.717, 1.165) is 0 Å². The Kier molecular flexibility index (Phi) is 3.58. The number of hydrogen-bond acceptors (Lipinski definition) is 3. The second kappa shape index (κ2) is 4.53. The molecule has 0 spiro atoms. The Bertz CT molecular complexity index is 386. The smallest absolute Gasteiger partial charge is 0.169 e. The SMILES string of the molecule is COc1cc(Cl)cc(C(=O)C(C)C)c1O. The van der Waals surface area contributed by atoms with Gasteiger partial charge in [0.15, 0.2) is 17.3 Å². The number of rotatable bonds is 3. The lowest BCUT2D eigenvalue weighted by Gasteiger charge is -2.10. The monoisotopic (exact) mass is 228 g/mol. The van der Waals surface area contributed by atoms with Gasteiger partial charge in [-0.2, -0.15) is 0 Å². The van der Waals surface area contributed by atoms with Crippen molar-refractivity contribution in [3.8, 4) is 11.5 Å². The van der Waals surface area contributed by atoms with Crippen molar-refractivity contribution in [3.05, 3.63) is 22.7 Å². The number of phenols is 1. The van der Waals surface area contributed by atoms with E-state index < -0.39 is 0 Å². The van der Waals surface area contributed by atoms with Crippen molar-refractivity contribution in [2.45, 2.75) is 13.8 Å². The molecule has 1 N–H and O–H groups in total. The van der Waals surface area contributed by atoms with E-state index in [1.807, 2.05) is 0 Å². The van der Waals surface area contributed by atoms with Gasteiger partial charge in [-0.05, 0) is 6.07 Å². The van der Waals surface area contributed by atoms with Crippen molar-refractivity contribution in [1.82, 2.24) is 0 Å². The number of aromatic hydroxyl groups is 1. The first-order valence-electron chi connectivity index (χ1n) is 4.58. The first-order valence-corrected chi connectivity index (χ1v) is 4.96. The fraction of sp³-hybridized carbons (Fsp3) is 0.364. The van der Waals surface area contributed by atoms with Gasteiger partial charge in [-0.3, -0.25) is 4.79 Å². The fourth-order valence-corrected chi connectivity index (χ4v) is 1.44. The summed E-state index contributed by atoms with van der Waals surface area (Å²) >= 11 is 5.81. The summed E-state index contributed by atoms with van der Waals surface area (Å²) in [7, 11) is 1.41. The van der Waals surface area contributed by atoms with E-state index in [4.69, 9.17) is 16.3 Å². The molecule has 0 aliphatic rings. The van der Waals surface area contributed by atoms with Crippen molar-refractivity contribution in [2.75, 3.05) is 7.11 Å². The summed E-state index contributed by atoms with van der Waals surface area (Å²) < 4.78 is 4.91. The van der Waals surface area contributed by atoms with Gasteiger partial charge in [0.25, 0.3) is 0 Å². The largest absolute Gasteiger partial charge is 0.504 e. The number of halogens is 1. The molecule has 0 saturated carbocycles. The van der Waals surface area contributed by atoms with E-state index in [1.54, 1.807) is 13.8 Å². The number of hydrogen-bond donors (Lipinski definition) is 1. The maximum atomic E-state index is 11.7. The Hall–Kier alpha value is -1.22. The summed E-state index contributed by atoms with van der Waals surface area (Å²) in [5.74, 6) is -0.292. The van der Waals surface area contributed by atoms with Crippen LogP contribution in [0.4, 0.5) is 0 Å². The van der Waals surface area contributed by atoms with Crippen LogP contribution in [0.1, 0.15) is 24.2 Å². The summed E-state index contributed by atoms with van der Waals surface area (Å²) in [5.41, 5.74) is 0.203. The Morgan fingerprint density at radius 2 is 2.07 bits per heavy atom. The zero-order valence-electron chi connectivity index (χ0n) is 8.87. The molecule has 0 aliphatic heterocycles. The van der Waals surface area contributed by atoms with Crippen LogP contribution in [0.25, 0.3) is 0 Å². The molecule has 0 radical (unpaired) electrons. The molecule has 3 nitrogen and oxygen atoms in total. The van der Waals surface area contributed by atoms with E-state index in [0.29, 0.717) is 5.02 Å². The van der Waals surface area contributed by atoms with Gasteiger partial charge in [-0.15, -0.1) is 0 Å². The summed E-state index contributed by atoms with van der Waals surface area (Å²) in [6.07, 6.45) is 0. The van der Waals surface area contributed by atoms with Crippen LogP contribution in [-0.4, -0.2) is 18.0 Å². The molecule has 0 aliphatic carbocycles. The maximum Gasteiger partial charge on any atom is 0.169 e. The lowest BCUT2D eigenvalue weighted by molar-refractivity contribution is 0.0936. The average Bonchev–Trinajstić information content (AvgIpc) is 2.19. The van der Waals surface area contributed by atoms with Gasteiger partial charge in [0.05, 0.1) is 12.7 Å². The quantitative estimate of drug-likeness (QED) is 0.810. The normalized spacial score (nSPS) is 10.5. The third kappa shape index (κ3) is 2.42. The van der Waals surface area contributed by atoms with Crippen LogP contribution >= 0.6 is 11.6 Å². The standard InChI is InChI=1S/C11H13ClO3/c1-6(2)10(13)8-4-7(12)5-9(15-3)11(8)14/h4-6,14H,1-3H3. The van der Waals surface area contributed by atoms with Crippen LogP contribution < -0.4 is 4.74 Å². The number of ketones is 1. The van der Waals surface area contributed by atoms with Crippen LogP contribution in [0.2, 0.25) is 5.02 Å². The topological polar surface area (TPSA) is 46.5 Å². The molecule has 0 bridgehead atoms. The highest BCUT2D eigenvalue weighted by molar-refractivity contribution is 6.31. The van der Waals surface area contributed by atoms with Gasteiger partial charge in [0.1, 0.15) is 0 Å². The van der Waals surface area contributed by atoms with Crippen LogP contribution in [0, 0.1) is 5.92 Å². The number of ether oxygens (including phenoxy) is 1. The van der Waals surface area contributed by atoms with Crippen LogP contribution in [-0.2, 0) is 0 Å². The van der Waals surface area contributed by atoms with Crippen LogP contribution in [0.15, 0.2) is 12.1 Å². The number of carbonyl (C=O) groups is 1. The minimum absolute atomic E-state index is 0.152. The minimum atomic E-state index is -0.195. The van der Waals surface area contributed by atoms with E-state index in [9.17, 15) is 9.90 Å². The van der Waals surface area contributed by atoms with Crippen molar-refractivity contribution in [2.24, 2.45) is 5.92 Å². The zero-order chi connectivity index (χ0) is 11.6. The fourth-order valence-electron chi connectivity index (χ4n) is 1.23. The first-order chi connectivity index (χ1) is 6.97. The molecule has 0 saturated heterocycles. The number of carbonyl (C=O) groups excluding carboxylic acids is 1. The Morgan fingerprint density at radius 3 is 2.53 bits per heavy atom. The van der Waals surface area contributed by atoms with E-state index in [2.05, 4.69) is 0 Å².